The SMILES string of the molecule is COc1cccc2c1OCC1CON(C)C21. The summed E-state index contributed by atoms with van der Waals surface area (Å²) in [6, 6.07) is 6.29. The van der Waals surface area contributed by atoms with Crippen molar-refractivity contribution in [1.29, 1.82) is 0 Å². The molecule has 0 radical (unpaired) electrons. The van der Waals surface area contributed by atoms with Crippen molar-refractivity contribution in [1.82, 2.24) is 5.06 Å². The third-order valence-corrected chi connectivity index (χ3v) is 3.32. The summed E-state index contributed by atoms with van der Waals surface area (Å²) < 4.78 is 11.1. The van der Waals surface area contributed by atoms with E-state index in [0.29, 0.717) is 18.6 Å². The smallest absolute Gasteiger partial charge is 0.166 e. The van der Waals surface area contributed by atoms with Crippen LogP contribution in [-0.4, -0.2) is 32.4 Å². The normalized spacial score (nSPS) is 28.1. The Hall–Kier alpha value is -1.26. The second-order valence-corrected chi connectivity index (χ2v) is 4.24. The summed E-state index contributed by atoms with van der Waals surface area (Å²) in [5.41, 5.74) is 1.16. The topological polar surface area (TPSA) is 30.9 Å². The fraction of sp³-hybridized carbons (Fsp3) is 0.500. The van der Waals surface area contributed by atoms with Crippen molar-refractivity contribution in [2.75, 3.05) is 27.4 Å². The summed E-state index contributed by atoms with van der Waals surface area (Å²) in [6.45, 7) is 1.43. The van der Waals surface area contributed by atoms with Crippen molar-refractivity contribution in [2.24, 2.45) is 5.92 Å². The molecule has 0 spiro atoms. The average molecular weight is 221 g/mol. The Morgan fingerprint density at radius 1 is 1.38 bits per heavy atom. The summed E-state index contributed by atoms with van der Waals surface area (Å²) in [6.07, 6.45) is 0. The van der Waals surface area contributed by atoms with Gasteiger partial charge in [0.2, 0.25) is 0 Å². The van der Waals surface area contributed by atoms with Crippen LogP contribution in [0.5, 0.6) is 11.5 Å². The minimum Gasteiger partial charge on any atom is -0.493 e. The van der Waals surface area contributed by atoms with Crippen molar-refractivity contribution < 1.29 is 14.3 Å². The predicted octanol–water partition coefficient (Wildman–Crippen LogP) is 1.62. The maximum Gasteiger partial charge on any atom is 0.166 e. The average Bonchev–Trinajstić information content (AvgIpc) is 2.70. The number of methoxy groups -OCH3 is 1. The highest BCUT2D eigenvalue weighted by molar-refractivity contribution is 5.49. The lowest BCUT2D eigenvalue weighted by atomic mass is 9.92. The number of fused-ring (bicyclic) bond motifs is 3. The lowest BCUT2D eigenvalue weighted by Gasteiger charge is -2.30. The summed E-state index contributed by atoms with van der Waals surface area (Å²) in [7, 11) is 3.64. The van der Waals surface area contributed by atoms with Crippen molar-refractivity contribution in [3.8, 4) is 11.5 Å². The van der Waals surface area contributed by atoms with Crippen molar-refractivity contribution >= 4 is 0 Å². The highest BCUT2D eigenvalue weighted by Crippen LogP contribution is 2.46. The van der Waals surface area contributed by atoms with Gasteiger partial charge in [-0.25, -0.2) is 0 Å². The quantitative estimate of drug-likeness (QED) is 0.721. The Balaban J connectivity index is 2.08. The van der Waals surface area contributed by atoms with Crippen LogP contribution < -0.4 is 9.47 Å². The Kier molecular flexibility index (Phi) is 2.26. The molecule has 2 aliphatic heterocycles. The minimum atomic E-state index is 0.291. The van der Waals surface area contributed by atoms with Crippen LogP contribution in [-0.2, 0) is 4.84 Å². The van der Waals surface area contributed by atoms with Gasteiger partial charge >= 0.3 is 0 Å². The molecule has 1 saturated heterocycles. The Labute approximate surface area is 94.7 Å². The molecular weight excluding hydrogens is 206 g/mol. The molecule has 1 aromatic rings. The van der Waals surface area contributed by atoms with Crippen LogP contribution >= 0.6 is 0 Å². The van der Waals surface area contributed by atoms with E-state index in [1.807, 2.05) is 24.2 Å². The van der Waals surface area contributed by atoms with Crippen LogP contribution in [0.25, 0.3) is 0 Å². The van der Waals surface area contributed by atoms with E-state index < -0.39 is 0 Å². The van der Waals surface area contributed by atoms with Gasteiger partial charge in [0.05, 0.1) is 26.4 Å². The summed E-state index contributed by atoms with van der Waals surface area (Å²) in [5, 5.41) is 1.92. The molecule has 4 nitrogen and oxygen atoms in total. The van der Waals surface area contributed by atoms with Crippen LogP contribution in [0.2, 0.25) is 0 Å². The molecule has 2 aliphatic rings. The number of nitrogens with zero attached hydrogens (tertiary/aromatic N) is 1. The Morgan fingerprint density at radius 2 is 2.25 bits per heavy atom. The molecule has 0 aliphatic carbocycles. The number of hydrogen-bond acceptors (Lipinski definition) is 4. The van der Waals surface area contributed by atoms with Gasteiger partial charge in [-0.05, 0) is 6.07 Å². The first-order valence-electron chi connectivity index (χ1n) is 5.46. The molecule has 2 atom stereocenters. The van der Waals surface area contributed by atoms with Crippen LogP contribution in [0.15, 0.2) is 18.2 Å². The molecule has 3 rings (SSSR count). The lowest BCUT2D eigenvalue weighted by molar-refractivity contribution is -0.111. The molecule has 1 fully saturated rings. The van der Waals surface area contributed by atoms with Gasteiger partial charge in [-0.15, -0.1) is 0 Å². The van der Waals surface area contributed by atoms with Gasteiger partial charge in [0.15, 0.2) is 11.5 Å². The van der Waals surface area contributed by atoms with E-state index in [1.54, 1.807) is 7.11 Å². The van der Waals surface area contributed by atoms with E-state index in [0.717, 1.165) is 23.7 Å². The van der Waals surface area contributed by atoms with E-state index in [1.165, 1.54) is 0 Å². The molecule has 2 heterocycles. The van der Waals surface area contributed by atoms with Gasteiger partial charge in [0.1, 0.15) is 0 Å². The number of benzene rings is 1. The number of rotatable bonds is 1. The van der Waals surface area contributed by atoms with E-state index in [-0.39, 0.29) is 0 Å². The third kappa shape index (κ3) is 1.30. The molecule has 4 heteroatoms. The van der Waals surface area contributed by atoms with Gasteiger partial charge in [0, 0.05) is 18.5 Å². The third-order valence-electron chi connectivity index (χ3n) is 3.32. The zero-order valence-electron chi connectivity index (χ0n) is 9.47. The predicted molar refractivity (Wildman–Crippen MR) is 58.4 cm³/mol. The van der Waals surface area contributed by atoms with E-state index >= 15 is 0 Å². The van der Waals surface area contributed by atoms with Gasteiger partial charge in [-0.3, -0.25) is 4.84 Å². The second-order valence-electron chi connectivity index (χ2n) is 4.24. The summed E-state index contributed by atoms with van der Waals surface area (Å²) in [5.74, 6) is 2.09. The zero-order chi connectivity index (χ0) is 11.1. The van der Waals surface area contributed by atoms with Crippen LogP contribution in [0.3, 0.4) is 0 Å². The molecular formula is C12H15NO3. The number of hydrogen-bond donors (Lipinski definition) is 0. The molecule has 86 valence electrons. The molecule has 2 unspecified atom stereocenters. The van der Waals surface area contributed by atoms with E-state index in [4.69, 9.17) is 14.3 Å². The van der Waals surface area contributed by atoms with Crippen molar-refractivity contribution in [3.63, 3.8) is 0 Å². The van der Waals surface area contributed by atoms with Crippen molar-refractivity contribution in [2.45, 2.75) is 6.04 Å². The Morgan fingerprint density at radius 3 is 3.06 bits per heavy atom. The van der Waals surface area contributed by atoms with Gasteiger partial charge in [-0.1, -0.05) is 12.1 Å². The molecule has 0 saturated carbocycles. The largest absolute Gasteiger partial charge is 0.493 e. The monoisotopic (exact) mass is 221 g/mol. The second kappa shape index (κ2) is 3.64. The fourth-order valence-electron chi connectivity index (χ4n) is 2.54. The first-order valence-corrected chi connectivity index (χ1v) is 5.46. The Bertz CT molecular complexity index is 407. The highest BCUT2D eigenvalue weighted by Gasteiger charge is 2.40. The van der Waals surface area contributed by atoms with Gasteiger partial charge in [-0.2, -0.15) is 5.06 Å². The highest BCUT2D eigenvalue weighted by atomic mass is 16.7. The maximum absolute atomic E-state index is 5.78. The molecule has 0 N–H and O–H groups in total. The minimum absolute atomic E-state index is 0.291. The van der Waals surface area contributed by atoms with Crippen molar-refractivity contribution in [3.05, 3.63) is 23.8 Å². The van der Waals surface area contributed by atoms with Gasteiger partial charge in [0.25, 0.3) is 0 Å². The number of ether oxygens (including phenoxy) is 2. The molecule has 16 heavy (non-hydrogen) atoms. The zero-order valence-corrected chi connectivity index (χ0v) is 9.47. The number of para-hydroxylation sites is 1. The van der Waals surface area contributed by atoms with Gasteiger partial charge < -0.3 is 9.47 Å². The number of hydroxylamine groups is 2. The summed E-state index contributed by atoms with van der Waals surface area (Å²) >= 11 is 0. The van der Waals surface area contributed by atoms with E-state index in [2.05, 4.69) is 6.07 Å². The first kappa shape index (κ1) is 9.93. The molecule has 0 amide bonds. The molecule has 1 aromatic carbocycles. The first-order chi connectivity index (χ1) is 7.81. The van der Waals surface area contributed by atoms with Crippen LogP contribution in [0, 0.1) is 5.92 Å². The maximum atomic E-state index is 5.78. The molecule has 0 bridgehead atoms. The molecule has 0 aromatic heterocycles. The van der Waals surface area contributed by atoms with Crippen LogP contribution in [0.1, 0.15) is 11.6 Å². The lowest BCUT2D eigenvalue weighted by Crippen LogP contribution is -2.29. The fourth-order valence-corrected chi connectivity index (χ4v) is 2.54. The standard InChI is InChI=1S/C12H15NO3/c1-13-11-8(7-16-13)6-15-12-9(11)4-3-5-10(12)14-2/h3-5,8,11H,6-7H2,1-2H3. The van der Waals surface area contributed by atoms with Crippen LogP contribution in [0.4, 0.5) is 0 Å². The summed E-state index contributed by atoms with van der Waals surface area (Å²) in [4.78, 5) is 5.54. The van der Waals surface area contributed by atoms with E-state index in [9.17, 15) is 0 Å².